The molecule has 12 unspecified atom stereocenters. The maximum atomic E-state index is 13.3. The van der Waals surface area contributed by atoms with E-state index in [9.17, 15) is 45.6 Å². The van der Waals surface area contributed by atoms with Crippen molar-refractivity contribution >= 4 is 5.91 Å². The zero-order chi connectivity index (χ0) is 60.2. The van der Waals surface area contributed by atoms with Crippen LogP contribution in [0.5, 0.6) is 0 Å². The van der Waals surface area contributed by atoms with Gasteiger partial charge >= 0.3 is 0 Å². The highest BCUT2D eigenvalue weighted by molar-refractivity contribution is 5.76. The SMILES string of the molecule is CC/C=C\C/C=C\C/C=C\C/C=C\C/C=C\C/C=C\C/C=C\CCCCCCCC(=O)NC(COC1OC(CO)C(OC2OC(CO)C(O)C(O)C2O)C(O)C1O)C(O)/C=C/CC/C=C/CC/C=C/CCCCCCCCCCCCCC. The number of carbonyl (C=O) groups is 1. The molecule has 2 rings (SSSR count). The van der Waals surface area contributed by atoms with E-state index in [2.05, 4.69) is 129 Å². The summed E-state index contributed by atoms with van der Waals surface area (Å²) in [6, 6.07) is -0.959. The molecule has 83 heavy (non-hydrogen) atoms. The van der Waals surface area contributed by atoms with E-state index in [-0.39, 0.29) is 18.9 Å². The maximum absolute atomic E-state index is 13.3. The predicted octanol–water partition coefficient (Wildman–Crippen LogP) is 12.2. The number of amides is 1. The lowest BCUT2D eigenvalue weighted by Crippen LogP contribution is -2.65. The maximum Gasteiger partial charge on any atom is 0.220 e. The number of hydrogen-bond donors (Lipinski definition) is 9. The van der Waals surface area contributed by atoms with Crippen molar-refractivity contribution in [2.45, 2.75) is 286 Å². The highest BCUT2D eigenvalue weighted by Gasteiger charge is 2.51. The lowest BCUT2D eigenvalue weighted by atomic mass is 9.97. The van der Waals surface area contributed by atoms with Crippen LogP contribution in [0.25, 0.3) is 0 Å². The van der Waals surface area contributed by atoms with Crippen LogP contribution in [0.1, 0.15) is 213 Å². The second-order valence-corrected chi connectivity index (χ2v) is 22.1. The summed E-state index contributed by atoms with van der Waals surface area (Å²) in [5.41, 5.74) is 0. The number of allylic oxidation sites excluding steroid dienone is 19. The molecule has 0 bridgehead atoms. The summed E-state index contributed by atoms with van der Waals surface area (Å²) in [6.45, 7) is 2.64. The number of nitrogens with one attached hydrogen (secondary N) is 1. The van der Waals surface area contributed by atoms with Crippen LogP contribution in [0.15, 0.2) is 122 Å². The third-order valence-corrected chi connectivity index (χ3v) is 14.9. The Morgan fingerprint density at radius 3 is 1.33 bits per heavy atom. The van der Waals surface area contributed by atoms with Gasteiger partial charge in [0.25, 0.3) is 0 Å². The molecule has 2 fully saturated rings. The van der Waals surface area contributed by atoms with Crippen LogP contribution < -0.4 is 5.32 Å². The summed E-state index contributed by atoms with van der Waals surface area (Å²) in [7, 11) is 0. The smallest absolute Gasteiger partial charge is 0.220 e. The Balaban J connectivity index is 1.78. The fourth-order valence-corrected chi connectivity index (χ4v) is 9.71. The van der Waals surface area contributed by atoms with Crippen LogP contribution in [0.3, 0.4) is 0 Å². The Bertz CT molecular complexity index is 1850. The molecule has 14 nitrogen and oxygen atoms in total. The molecular weight excluding hydrogens is 1050 g/mol. The van der Waals surface area contributed by atoms with Crippen molar-refractivity contribution in [2.24, 2.45) is 0 Å². The Kier molecular flexibility index (Phi) is 47.9. The molecule has 12 atom stereocenters. The lowest BCUT2D eigenvalue weighted by molar-refractivity contribution is -0.359. The third kappa shape index (κ3) is 37.5. The lowest BCUT2D eigenvalue weighted by Gasteiger charge is -2.46. The number of carbonyl (C=O) groups excluding carboxylic acids is 1. The molecule has 2 aliphatic rings. The first kappa shape index (κ1) is 75.5. The molecule has 0 radical (unpaired) electrons. The fraction of sp³-hybridized carbons (Fsp3) is 0.696. The minimum atomic E-state index is -1.80. The highest BCUT2D eigenvalue weighted by atomic mass is 16.7. The largest absolute Gasteiger partial charge is 0.394 e. The van der Waals surface area contributed by atoms with E-state index in [4.69, 9.17) is 18.9 Å². The van der Waals surface area contributed by atoms with Crippen molar-refractivity contribution in [2.75, 3.05) is 19.8 Å². The van der Waals surface area contributed by atoms with Crippen LogP contribution in [-0.4, -0.2) is 140 Å². The molecule has 9 N–H and O–H groups in total. The van der Waals surface area contributed by atoms with Crippen LogP contribution in [0.4, 0.5) is 0 Å². The highest BCUT2D eigenvalue weighted by Crippen LogP contribution is 2.30. The third-order valence-electron chi connectivity index (χ3n) is 14.9. The van der Waals surface area contributed by atoms with Crippen molar-refractivity contribution in [3.8, 4) is 0 Å². The van der Waals surface area contributed by atoms with Gasteiger partial charge in [0.1, 0.15) is 48.8 Å². The van der Waals surface area contributed by atoms with Gasteiger partial charge in [-0.05, 0) is 103 Å². The summed E-state index contributed by atoms with van der Waals surface area (Å²) in [5, 5.41) is 87.2. The minimum Gasteiger partial charge on any atom is -0.394 e. The predicted molar refractivity (Wildman–Crippen MR) is 336 cm³/mol. The molecule has 1 amide bonds. The molecule has 2 saturated heterocycles. The van der Waals surface area contributed by atoms with E-state index in [1.165, 1.54) is 77.0 Å². The normalized spacial score (nSPS) is 24.7. The molecule has 474 valence electrons. The average Bonchev–Trinajstić information content (AvgIpc) is 3.65. The quantitative estimate of drug-likeness (QED) is 0.0204. The topological polar surface area (TPSA) is 228 Å². The van der Waals surface area contributed by atoms with Gasteiger partial charge in [-0.25, -0.2) is 0 Å². The van der Waals surface area contributed by atoms with Gasteiger partial charge in [-0.3, -0.25) is 4.79 Å². The van der Waals surface area contributed by atoms with E-state index in [0.717, 1.165) is 103 Å². The summed E-state index contributed by atoms with van der Waals surface area (Å²) in [6.07, 6.45) is 59.5. The second-order valence-electron chi connectivity index (χ2n) is 22.1. The van der Waals surface area contributed by atoms with Crippen LogP contribution in [-0.2, 0) is 23.7 Å². The molecule has 2 aliphatic heterocycles. The number of unbranched alkanes of at least 4 members (excludes halogenated alkanes) is 19. The molecule has 2 heterocycles. The van der Waals surface area contributed by atoms with E-state index in [0.29, 0.717) is 12.8 Å². The molecule has 14 heteroatoms. The Morgan fingerprint density at radius 1 is 0.446 bits per heavy atom. The zero-order valence-electron chi connectivity index (χ0n) is 51.1. The van der Waals surface area contributed by atoms with E-state index in [1.807, 2.05) is 6.08 Å². The monoisotopic (exact) mass is 1170 g/mol. The summed E-state index contributed by atoms with van der Waals surface area (Å²) >= 11 is 0. The number of rotatable bonds is 50. The fourth-order valence-electron chi connectivity index (χ4n) is 9.71. The number of aliphatic hydroxyl groups excluding tert-OH is 8. The molecule has 0 aromatic carbocycles. The second kappa shape index (κ2) is 52.7. The molecule has 0 aliphatic carbocycles. The summed E-state index contributed by atoms with van der Waals surface area (Å²) in [5.74, 6) is -0.277. The van der Waals surface area contributed by atoms with Crippen molar-refractivity contribution in [1.82, 2.24) is 5.32 Å². The van der Waals surface area contributed by atoms with Gasteiger partial charge in [-0.1, -0.05) is 225 Å². The van der Waals surface area contributed by atoms with Crippen molar-refractivity contribution in [3.05, 3.63) is 122 Å². The van der Waals surface area contributed by atoms with Gasteiger partial charge < -0.3 is 65.1 Å². The van der Waals surface area contributed by atoms with Gasteiger partial charge in [-0.15, -0.1) is 0 Å². The molecule has 0 aromatic rings. The Morgan fingerprint density at radius 2 is 0.843 bits per heavy atom. The van der Waals surface area contributed by atoms with Crippen molar-refractivity contribution < 1.29 is 64.6 Å². The Labute approximate surface area is 501 Å². The molecule has 0 saturated carbocycles. The van der Waals surface area contributed by atoms with Crippen LogP contribution in [0.2, 0.25) is 0 Å². The number of aliphatic hydroxyl groups is 8. The van der Waals surface area contributed by atoms with Crippen LogP contribution in [0, 0.1) is 0 Å². The van der Waals surface area contributed by atoms with Gasteiger partial charge in [0, 0.05) is 6.42 Å². The zero-order valence-corrected chi connectivity index (χ0v) is 51.1. The minimum absolute atomic E-state index is 0.239. The first-order valence-electron chi connectivity index (χ1n) is 32.3. The number of hydrogen-bond acceptors (Lipinski definition) is 13. The Hall–Kier alpha value is -3.61. The summed E-state index contributed by atoms with van der Waals surface area (Å²) in [4.78, 5) is 13.3. The molecule has 0 aromatic heterocycles. The van der Waals surface area contributed by atoms with Crippen molar-refractivity contribution in [3.63, 3.8) is 0 Å². The molecule has 0 spiro atoms. The average molecular weight is 1170 g/mol. The van der Waals surface area contributed by atoms with Gasteiger partial charge in [0.05, 0.1) is 32.0 Å². The van der Waals surface area contributed by atoms with Gasteiger partial charge in [0.2, 0.25) is 5.91 Å². The first-order chi connectivity index (χ1) is 40.6. The van der Waals surface area contributed by atoms with Gasteiger partial charge in [-0.2, -0.15) is 0 Å². The van der Waals surface area contributed by atoms with Crippen molar-refractivity contribution in [1.29, 1.82) is 0 Å². The van der Waals surface area contributed by atoms with E-state index in [1.54, 1.807) is 6.08 Å². The van der Waals surface area contributed by atoms with E-state index >= 15 is 0 Å². The molecular formula is C69H115NO13. The summed E-state index contributed by atoms with van der Waals surface area (Å²) < 4.78 is 22.8. The van der Waals surface area contributed by atoms with Gasteiger partial charge in [0.15, 0.2) is 12.6 Å². The van der Waals surface area contributed by atoms with Crippen LogP contribution >= 0.6 is 0 Å². The van der Waals surface area contributed by atoms with E-state index < -0.39 is 86.8 Å². The standard InChI is InChI=1S/C69H115NO13/c1-3-5-7-9-11-13-15-17-19-21-23-25-27-28-29-30-31-33-35-37-39-41-43-45-47-49-51-53-61(74)70-57(56-80-68-66(79)64(77)67(60(55-72)82-68)83-69-65(78)63(76)62(75)59(54-71)81-69)58(73)52-50-48-46-44-42-40-38-36-34-32-26-24-22-20-18-16-14-12-10-8-6-4-2/h5,7,11,13,17,19,23,25,28-29,31,33-34,36-37,39,42,44,50,52,57-60,62-69,71-73,75-79H,3-4,6,8-10,12,14-16,18,20-22,24,26-27,30,32,35,38,40-41,43,45-49,51,53-56H2,1-2H3,(H,70,74)/b7-5-,13-11-,19-17-,25-23-,29-28-,33-31-,36-34+,39-37-,44-42+,52-50+. The number of ether oxygens (including phenoxy) is 4. The first-order valence-corrected chi connectivity index (χ1v) is 32.3.